The van der Waals surface area contributed by atoms with Crippen LogP contribution < -0.4 is 0 Å². The molecule has 0 unspecified atom stereocenters. The van der Waals surface area contributed by atoms with Crippen LogP contribution in [0.5, 0.6) is 0 Å². The SMILES string of the molecule is CCOC(=O)CN(CCOC)C(=O)C(F)(F)C(F)(F)F. The summed E-state index contributed by atoms with van der Waals surface area (Å²) in [5.74, 6) is -9.18. The molecule has 0 saturated carbocycles. The highest BCUT2D eigenvalue weighted by Crippen LogP contribution is 2.36. The van der Waals surface area contributed by atoms with Crippen LogP contribution in [0.15, 0.2) is 0 Å². The van der Waals surface area contributed by atoms with Gasteiger partial charge in [0, 0.05) is 13.7 Å². The summed E-state index contributed by atoms with van der Waals surface area (Å²) in [5, 5.41) is 0. The third kappa shape index (κ3) is 4.91. The molecule has 20 heavy (non-hydrogen) atoms. The van der Waals surface area contributed by atoms with E-state index < -0.39 is 37.1 Å². The van der Waals surface area contributed by atoms with Gasteiger partial charge in [-0.25, -0.2) is 0 Å². The Hall–Kier alpha value is -1.45. The standard InChI is InChI=1S/C10H14F5NO4/c1-3-20-7(17)6-16(4-5-19-2)8(18)9(11,12)10(13,14)15/h3-6H2,1-2H3. The van der Waals surface area contributed by atoms with Gasteiger partial charge in [-0.15, -0.1) is 0 Å². The molecule has 0 aliphatic heterocycles. The minimum atomic E-state index is -6.04. The van der Waals surface area contributed by atoms with Crippen LogP contribution in [-0.4, -0.2) is 62.3 Å². The summed E-state index contributed by atoms with van der Waals surface area (Å²) in [7, 11) is 1.16. The zero-order chi connectivity index (χ0) is 16.0. The predicted octanol–water partition coefficient (Wildman–Crippen LogP) is 1.22. The monoisotopic (exact) mass is 307 g/mol. The summed E-state index contributed by atoms with van der Waals surface area (Å²) >= 11 is 0. The Kier molecular flexibility index (Phi) is 6.83. The number of esters is 1. The van der Waals surface area contributed by atoms with Crippen molar-refractivity contribution < 1.29 is 41.0 Å². The number of alkyl halides is 5. The normalized spacial score (nSPS) is 12.2. The first-order valence-electron chi connectivity index (χ1n) is 5.46. The Morgan fingerprint density at radius 1 is 1.15 bits per heavy atom. The molecule has 5 nitrogen and oxygen atoms in total. The van der Waals surface area contributed by atoms with E-state index in [1.165, 1.54) is 6.92 Å². The summed E-state index contributed by atoms with van der Waals surface area (Å²) in [6.45, 7) is -0.592. The van der Waals surface area contributed by atoms with Gasteiger partial charge in [-0.3, -0.25) is 9.59 Å². The van der Waals surface area contributed by atoms with E-state index in [2.05, 4.69) is 9.47 Å². The van der Waals surface area contributed by atoms with Gasteiger partial charge in [-0.05, 0) is 6.92 Å². The zero-order valence-corrected chi connectivity index (χ0v) is 10.8. The molecule has 0 bridgehead atoms. The van der Waals surface area contributed by atoms with Gasteiger partial charge in [0.25, 0.3) is 0 Å². The second kappa shape index (κ2) is 7.36. The van der Waals surface area contributed by atoms with Crippen molar-refractivity contribution >= 4 is 11.9 Å². The maximum Gasteiger partial charge on any atom is 0.463 e. The Bertz CT molecular complexity index is 345. The van der Waals surface area contributed by atoms with Gasteiger partial charge in [-0.2, -0.15) is 22.0 Å². The lowest BCUT2D eigenvalue weighted by molar-refractivity contribution is -0.274. The molecule has 1 amide bonds. The van der Waals surface area contributed by atoms with Crippen molar-refractivity contribution in [2.75, 3.05) is 33.4 Å². The lowest BCUT2D eigenvalue weighted by Gasteiger charge is -2.27. The van der Waals surface area contributed by atoms with E-state index in [-0.39, 0.29) is 18.1 Å². The van der Waals surface area contributed by atoms with Gasteiger partial charge in [0.1, 0.15) is 6.54 Å². The van der Waals surface area contributed by atoms with E-state index in [4.69, 9.17) is 0 Å². The number of carbonyl (C=O) groups is 2. The summed E-state index contributed by atoms with van der Waals surface area (Å²) in [5.41, 5.74) is 0. The molecule has 0 aromatic rings. The van der Waals surface area contributed by atoms with Crippen molar-refractivity contribution in [1.82, 2.24) is 4.90 Å². The fourth-order valence-corrected chi connectivity index (χ4v) is 1.14. The average Bonchev–Trinajstić information content (AvgIpc) is 2.32. The van der Waals surface area contributed by atoms with Gasteiger partial charge in [-0.1, -0.05) is 0 Å². The summed E-state index contributed by atoms with van der Waals surface area (Å²) in [6.07, 6.45) is -6.04. The third-order valence-corrected chi connectivity index (χ3v) is 2.10. The molecular weight excluding hydrogens is 293 g/mol. The van der Waals surface area contributed by atoms with Crippen molar-refractivity contribution in [2.45, 2.75) is 19.0 Å². The first-order chi connectivity index (χ1) is 9.07. The number of hydrogen-bond donors (Lipinski definition) is 0. The number of hydrogen-bond acceptors (Lipinski definition) is 4. The molecule has 0 atom stereocenters. The third-order valence-electron chi connectivity index (χ3n) is 2.10. The van der Waals surface area contributed by atoms with Crippen molar-refractivity contribution in [3.05, 3.63) is 0 Å². The Morgan fingerprint density at radius 2 is 1.70 bits per heavy atom. The quantitative estimate of drug-likeness (QED) is 0.524. The highest BCUT2D eigenvalue weighted by atomic mass is 19.4. The van der Waals surface area contributed by atoms with E-state index >= 15 is 0 Å². The lowest BCUT2D eigenvalue weighted by atomic mass is 10.2. The van der Waals surface area contributed by atoms with E-state index in [1.807, 2.05) is 0 Å². The maximum atomic E-state index is 12.9. The first-order valence-corrected chi connectivity index (χ1v) is 5.46. The number of nitrogens with zero attached hydrogens (tertiary/aromatic N) is 1. The van der Waals surface area contributed by atoms with E-state index in [9.17, 15) is 31.5 Å². The Morgan fingerprint density at radius 3 is 2.10 bits per heavy atom. The number of carbonyl (C=O) groups excluding carboxylic acids is 2. The van der Waals surface area contributed by atoms with Crippen LogP contribution in [-0.2, 0) is 19.1 Å². The van der Waals surface area contributed by atoms with Crippen molar-refractivity contribution in [2.24, 2.45) is 0 Å². The highest BCUT2D eigenvalue weighted by molar-refractivity contribution is 5.87. The van der Waals surface area contributed by atoms with Gasteiger partial charge >= 0.3 is 24.0 Å². The summed E-state index contributed by atoms with van der Waals surface area (Å²) < 4.78 is 71.1. The minimum absolute atomic E-state index is 0.0506. The van der Waals surface area contributed by atoms with Gasteiger partial charge in [0.2, 0.25) is 0 Å². The molecule has 0 aromatic heterocycles. The molecule has 0 aliphatic carbocycles. The van der Waals surface area contributed by atoms with E-state index in [0.29, 0.717) is 0 Å². The molecule has 118 valence electrons. The molecular formula is C10H14F5NO4. The number of amides is 1. The first kappa shape index (κ1) is 18.6. The molecule has 0 saturated heterocycles. The Labute approximate surface area is 111 Å². The second-order valence-electron chi connectivity index (χ2n) is 3.60. The molecule has 0 N–H and O–H groups in total. The minimum Gasteiger partial charge on any atom is -0.465 e. The molecule has 0 aromatic carbocycles. The van der Waals surface area contributed by atoms with E-state index in [0.717, 1.165) is 7.11 Å². The summed E-state index contributed by atoms with van der Waals surface area (Å²) in [6, 6.07) is 0. The highest BCUT2D eigenvalue weighted by Gasteiger charge is 2.64. The number of halogens is 5. The number of rotatable bonds is 7. The molecule has 0 spiro atoms. The largest absolute Gasteiger partial charge is 0.465 e. The molecule has 0 fully saturated rings. The Balaban J connectivity index is 5.02. The number of ether oxygens (including phenoxy) is 2. The van der Waals surface area contributed by atoms with Gasteiger partial charge in [0.15, 0.2) is 0 Å². The maximum absolute atomic E-state index is 12.9. The molecule has 0 radical (unpaired) electrons. The van der Waals surface area contributed by atoms with Gasteiger partial charge in [0.05, 0.1) is 13.2 Å². The molecule has 0 rings (SSSR count). The average molecular weight is 307 g/mol. The van der Waals surface area contributed by atoms with Crippen LogP contribution in [0.2, 0.25) is 0 Å². The second-order valence-corrected chi connectivity index (χ2v) is 3.60. The molecule has 10 heteroatoms. The van der Waals surface area contributed by atoms with Gasteiger partial charge < -0.3 is 14.4 Å². The fourth-order valence-electron chi connectivity index (χ4n) is 1.14. The van der Waals surface area contributed by atoms with Crippen molar-refractivity contribution in [3.8, 4) is 0 Å². The van der Waals surface area contributed by atoms with Crippen LogP contribution in [0, 0.1) is 0 Å². The molecule has 0 aliphatic rings. The van der Waals surface area contributed by atoms with Crippen molar-refractivity contribution in [1.29, 1.82) is 0 Å². The lowest BCUT2D eigenvalue weighted by Crippen LogP contribution is -2.54. The van der Waals surface area contributed by atoms with Crippen molar-refractivity contribution in [3.63, 3.8) is 0 Å². The zero-order valence-electron chi connectivity index (χ0n) is 10.8. The summed E-state index contributed by atoms with van der Waals surface area (Å²) in [4.78, 5) is 22.4. The predicted molar refractivity (Wildman–Crippen MR) is 56.1 cm³/mol. The fraction of sp³-hybridized carbons (Fsp3) is 0.800. The van der Waals surface area contributed by atoms with Crippen LogP contribution in [0.25, 0.3) is 0 Å². The van der Waals surface area contributed by atoms with E-state index in [1.54, 1.807) is 0 Å². The van der Waals surface area contributed by atoms with Crippen LogP contribution in [0.4, 0.5) is 22.0 Å². The smallest absolute Gasteiger partial charge is 0.463 e. The van der Waals surface area contributed by atoms with Crippen LogP contribution in [0.1, 0.15) is 6.92 Å². The topological polar surface area (TPSA) is 55.8 Å². The van der Waals surface area contributed by atoms with Crippen LogP contribution in [0.3, 0.4) is 0 Å². The van der Waals surface area contributed by atoms with Crippen LogP contribution >= 0.6 is 0 Å². The number of methoxy groups -OCH3 is 1. The molecule has 0 heterocycles.